The zero-order valence-electron chi connectivity index (χ0n) is 13.5. The molecule has 1 heterocycles. The van der Waals surface area contributed by atoms with Crippen molar-refractivity contribution in [1.29, 1.82) is 0 Å². The largest absolute Gasteiger partial charge is 0.467 e. The lowest BCUT2D eigenvalue weighted by molar-refractivity contribution is -0.384. The van der Waals surface area contributed by atoms with Gasteiger partial charge in [0.05, 0.1) is 12.0 Å². The molecule has 1 aromatic carbocycles. The van der Waals surface area contributed by atoms with Crippen LogP contribution in [0.5, 0.6) is 0 Å². The summed E-state index contributed by atoms with van der Waals surface area (Å²) >= 11 is 1.01. The van der Waals surface area contributed by atoms with E-state index in [1.165, 1.54) is 31.4 Å². The van der Waals surface area contributed by atoms with Crippen molar-refractivity contribution in [2.24, 2.45) is 0 Å². The number of carbonyl (C=O) groups excluding carboxylic acids is 2. The Bertz CT molecular complexity index is 803. The highest BCUT2D eigenvalue weighted by atomic mass is 32.1. The fourth-order valence-electron chi connectivity index (χ4n) is 2.04. The Morgan fingerprint density at radius 1 is 1.40 bits per heavy atom. The Morgan fingerprint density at radius 2 is 2.04 bits per heavy atom. The maximum Gasteiger partial charge on any atom is 0.328 e. The molecule has 132 valence electrons. The molecule has 0 unspecified atom stereocenters. The number of nitrogens with zero attached hydrogens (tertiary/aromatic N) is 2. The van der Waals surface area contributed by atoms with E-state index >= 15 is 0 Å². The van der Waals surface area contributed by atoms with Crippen LogP contribution in [0.2, 0.25) is 0 Å². The van der Waals surface area contributed by atoms with E-state index in [0.29, 0.717) is 11.6 Å². The summed E-state index contributed by atoms with van der Waals surface area (Å²) in [4.78, 5) is 38.5. The minimum absolute atomic E-state index is 0.0237. The molecule has 0 aliphatic heterocycles. The third-order valence-corrected chi connectivity index (χ3v) is 4.39. The quantitative estimate of drug-likeness (QED) is 0.330. The van der Waals surface area contributed by atoms with Gasteiger partial charge in [-0.2, -0.15) is 0 Å². The normalized spacial score (nSPS) is 11.6. The van der Waals surface area contributed by atoms with Crippen LogP contribution in [0.1, 0.15) is 28.6 Å². The van der Waals surface area contributed by atoms with Crippen molar-refractivity contribution in [2.75, 3.05) is 18.2 Å². The molecule has 0 saturated heterocycles. The smallest absolute Gasteiger partial charge is 0.328 e. The number of nitro groups is 1. The topological polar surface area (TPSA) is 137 Å². The van der Waals surface area contributed by atoms with Gasteiger partial charge in [-0.15, -0.1) is 0 Å². The number of ether oxygens (including phenoxy) is 1. The van der Waals surface area contributed by atoms with Crippen LogP contribution in [0, 0.1) is 10.1 Å². The zero-order valence-corrected chi connectivity index (χ0v) is 14.3. The van der Waals surface area contributed by atoms with Gasteiger partial charge in [0.2, 0.25) is 5.78 Å². The van der Waals surface area contributed by atoms with Crippen molar-refractivity contribution in [3.05, 3.63) is 44.8 Å². The summed E-state index contributed by atoms with van der Waals surface area (Å²) in [5, 5.41) is 13.9. The van der Waals surface area contributed by atoms with Gasteiger partial charge in [-0.3, -0.25) is 14.9 Å². The number of nitro benzene ring substituents is 1. The molecule has 0 aliphatic rings. The molecular weight excluding hydrogens is 348 g/mol. The minimum atomic E-state index is -0.599. The predicted octanol–water partition coefficient (Wildman–Crippen LogP) is 2.23. The summed E-state index contributed by atoms with van der Waals surface area (Å²) in [5.74, 6) is -0.820. The number of anilines is 2. The fourth-order valence-corrected chi connectivity index (χ4v) is 2.94. The highest BCUT2D eigenvalue weighted by molar-refractivity contribution is 7.18. The molecule has 2 aromatic rings. The Labute approximate surface area is 147 Å². The number of thiazole rings is 1. The molecule has 0 aliphatic carbocycles. The minimum Gasteiger partial charge on any atom is -0.467 e. The van der Waals surface area contributed by atoms with E-state index in [1.807, 2.05) is 0 Å². The van der Waals surface area contributed by atoms with E-state index in [9.17, 15) is 19.7 Å². The molecule has 1 atom stereocenters. The van der Waals surface area contributed by atoms with Crippen molar-refractivity contribution < 1.29 is 19.2 Å². The second kappa shape index (κ2) is 7.71. The monoisotopic (exact) mass is 364 g/mol. The maximum atomic E-state index is 12.5. The summed E-state index contributed by atoms with van der Waals surface area (Å²) in [6.45, 7) is 1.80. The van der Waals surface area contributed by atoms with Crippen LogP contribution in [0.25, 0.3) is 0 Å². The second-order valence-corrected chi connectivity index (χ2v) is 5.99. The van der Waals surface area contributed by atoms with E-state index in [4.69, 9.17) is 5.73 Å². The molecule has 25 heavy (non-hydrogen) atoms. The zero-order chi connectivity index (χ0) is 18.6. The standard InChI is InChI=1S/C15H16N4O5S/c1-3-10(14(21)24-2)17-15-18-13(16)12(25-15)11(20)8-4-6-9(7-5-8)19(22)23/h4-7,10H,3,16H2,1-2H3,(H,17,18)/t10-/m1/s1. The molecule has 0 amide bonds. The summed E-state index contributed by atoms with van der Waals surface area (Å²) in [5.41, 5.74) is 5.94. The second-order valence-electron chi connectivity index (χ2n) is 4.99. The summed E-state index contributed by atoms with van der Waals surface area (Å²) in [7, 11) is 1.28. The summed E-state index contributed by atoms with van der Waals surface area (Å²) in [6.07, 6.45) is 0.470. The van der Waals surface area contributed by atoms with E-state index in [2.05, 4.69) is 15.0 Å². The average molecular weight is 364 g/mol. The van der Waals surface area contributed by atoms with Crippen LogP contribution in [0.15, 0.2) is 24.3 Å². The molecule has 3 N–H and O–H groups in total. The summed E-state index contributed by atoms with van der Waals surface area (Å²) < 4.78 is 4.68. The molecule has 0 saturated carbocycles. The number of non-ortho nitro benzene ring substituents is 1. The number of aromatic nitrogens is 1. The van der Waals surface area contributed by atoms with Crippen molar-refractivity contribution >= 4 is 39.7 Å². The molecule has 0 bridgehead atoms. The van der Waals surface area contributed by atoms with Crippen LogP contribution >= 0.6 is 11.3 Å². The van der Waals surface area contributed by atoms with Crippen LogP contribution in [0.4, 0.5) is 16.6 Å². The van der Waals surface area contributed by atoms with Gasteiger partial charge in [0.15, 0.2) is 5.13 Å². The molecule has 9 nitrogen and oxygen atoms in total. The molecule has 2 rings (SSSR count). The SMILES string of the molecule is CC[C@@H](Nc1nc(N)c(C(=O)c2ccc([N+](=O)[O-])cc2)s1)C(=O)OC. The first-order chi connectivity index (χ1) is 11.9. The number of hydrogen-bond donors (Lipinski definition) is 2. The van der Waals surface area contributed by atoms with Gasteiger partial charge in [0.25, 0.3) is 5.69 Å². The molecule has 0 spiro atoms. The molecule has 10 heteroatoms. The highest BCUT2D eigenvalue weighted by Crippen LogP contribution is 2.28. The third kappa shape index (κ3) is 4.10. The fraction of sp³-hybridized carbons (Fsp3) is 0.267. The number of hydrogen-bond acceptors (Lipinski definition) is 9. The van der Waals surface area contributed by atoms with Crippen molar-refractivity contribution in [1.82, 2.24) is 4.98 Å². The van der Waals surface area contributed by atoms with Gasteiger partial charge in [0, 0.05) is 17.7 Å². The van der Waals surface area contributed by atoms with Gasteiger partial charge < -0.3 is 15.8 Å². The maximum absolute atomic E-state index is 12.5. The number of ketones is 1. The number of carbonyl (C=O) groups is 2. The number of nitrogen functional groups attached to an aromatic ring is 1. The van der Waals surface area contributed by atoms with Crippen molar-refractivity contribution in [3.8, 4) is 0 Å². The van der Waals surface area contributed by atoms with E-state index in [0.717, 1.165) is 11.3 Å². The van der Waals surface area contributed by atoms with Crippen LogP contribution in [-0.2, 0) is 9.53 Å². The van der Waals surface area contributed by atoms with E-state index in [1.54, 1.807) is 6.92 Å². The number of nitrogens with two attached hydrogens (primary N) is 1. The van der Waals surface area contributed by atoms with Crippen LogP contribution in [-0.4, -0.2) is 34.8 Å². The molecular formula is C15H16N4O5S. The number of rotatable bonds is 7. The number of benzene rings is 1. The number of esters is 1. The van der Waals surface area contributed by atoms with Gasteiger partial charge in [-0.05, 0) is 18.6 Å². The Kier molecular flexibility index (Phi) is 5.65. The van der Waals surface area contributed by atoms with E-state index in [-0.39, 0.29) is 21.9 Å². The van der Waals surface area contributed by atoms with Crippen LogP contribution < -0.4 is 11.1 Å². The molecule has 0 radical (unpaired) electrons. The third-order valence-electron chi connectivity index (χ3n) is 3.39. The number of nitrogens with one attached hydrogen (secondary N) is 1. The lowest BCUT2D eigenvalue weighted by Gasteiger charge is -2.12. The lowest BCUT2D eigenvalue weighted by Crippen LogP contribution is -2.29. The van der Waals surface area contributed by atoms with Gasteiger partial charge in [0.1, 0.15) is 16.7 Å². The van der Waals surface area contributed by atoms with Crippen molar-refractivity contribution in [2.45, 2.75) is 19.4 Å². The molecule has 1 aromatic heterocycles. The predicted molar refractivity (Wildman–Crippen MR) is 92.8 cm³/mol. The first kappa shape index (κ1) is 18.3. The van der Waals surface area contributed by atoms with Gasteiger partial charge in [-0.25, -0.2) is 9.78 Å². The average Bonchev–Trinajstić information content (AvgIpc) is 2.98. The summed E-state index contributed by atoms with van der Waals surface area (Å²) in [6, 6.07) is 4.60. The Hall–Kier alpha value is -3.01. The highest BCUT2D eigenvalue weighted by Gasteiger charge is 2.22. The van der Waals surface area contributed by atoms with Gasteiger partial charge >= 0.3 is 5.97 Å². The first-order valence-electron chi connectivity index (χ1n) is 7.27. The van der Waals surface area contributed by atoms with Gasteiger partial charge in [-0.1, -0.05) is 18.3 Å². The Balaban J connectivity index is 2.22. The van der Waals surface area contributed by atoms with E-state index < -0.39 is 22.7 Å². The van der Waals surface area contributed by atoms with Crippen molar-refractivity contribution in [3.63, 3.8) is 0 Å². The molecule has 0 fully saturated rings. The lowest BCUT2D eigenvalue weighted by atomic mass is 10.1. The first-order valence-corrected chi connectivity index (χ1v) is 8.08. The Morgan fingerprint density at radius 3 is 2.56 bits per heavy atom. The number of methoxy groups -OCH3 is 1. The van der Waals surface area contributed by atoms with Crippen LogP contribution in [0.3, 0.4) is 0 Å².